The molecule has 2 rings (SSSR count). The monoisotopic (exact) mass is 254 g/mol. The van der Waals surface area contributed by atoms with Crippen molar-refractivity contribution in [3.8, 4) is 0 Å². The number of aliphatic carboxylic acids is 1. The molecule has 0 aromatic carbocycles. The second-order valence-electron chi connectivity index (χ2n) is 5.78. The summed E-state index contributed by atoms with van der Waals surface area (Å²) in [6, 6.07) is -0.179. The van der Waals surface area contributed by atoms with Crippen LogP contribution in [0.1, 0.15) is 33.1 Å². The fourth-order valence-corrected chi connectivity index (χ4v) is 3.10. The van der Waals surface area contributed by atoms with Gasteiger partial charge in [-0.15, -0.1) is 0 Å². The number of amides is 1. The van der Waals surface area contributed by atoms with Crippen LogP contribution < -0.4 is 5.32 Å². The Morgan fingerprint density at radius 2 is 1.94 bits per heavy atom. The fraction of sp³-hybridized carbons (Fsp3) is 0.846. The minimum atomic E-state index is -0.784. The maximum atomic E-state index is 12.6. The van der Waals surface area contributed by atoms with Gasteiger partial charge in [0.05, 0.1) is 5.92 Å². The predicted octanol–water partition coefficient (Wildman–Crippen LogP) is 0.698. The molecule has 2 aliphatic heterocycles. The van der Waals surface area contributed by atoms with Gasteiger partial charge in [-0.3, -0.25) is 9.59 Å². The SMILES string of the molecule is CC1C(C(=O)O)CCN1C(=O)C1(C)CCNCC1. The number of nitrogens with one attached hydrogen (secondary N) is 1. The molecule has 2 aliphatic rings. The summed E-state index contributed by atoms with van der Waals surface area (Å²) in [6.45, 7) is 6.19. The third-order valence-corrected chi connectivity index (χ3v) is 4.56. The Hall–Kier alpha value is -1.10. The van der Waals surface area contributed by atoms with E-state index in [1.807, 2.05) is 13.8 Å². The number of hydrogen-bond donors (Lipinski definition) is 2. The van der Waals surface area contributed by atoms with Crippen molar-refractivity contribution >= 4 is 11.9 Å². The zero-order valence-electron chi connectivity index (χ0n) is 11.1. The first-order valence-corrected chi connectivity index (χ1v) is 6.70. The van der Waals surface area contributed by atoms with Crippen molar-refractivity contribution in [1.82, 2.24) is 10.2 Å². The van der Waals surface area contributed by atoms with Crippen LogP contribution in [0.5, 0.6) is 0 Å². The number of carboxylic acids is 1. The highest BCUT2D eigenvalue weighted by Gasteiger charge is 2.44. The summed E-state index contributed by atoms with van der Waals surface area (Å²) in [7, 11) is 0. The molecule has 5 heteroatoms. The Balaban J connectivity index is 2.08. The minimum Gasteiger partial charge on any atom is -0.481 e. The molecule has 102 valence electrons. The molecule has 0 radical (unpaired) electrons. The van der Waals surface area contributed by atoms with Crippen molar-refractivity contribution in [3.63, 3.8) is 0 Å². The van der Waals surface area contributed by atoms with Crippen LogP contribution in [-0.2, 0) is 9.59 Å². The maximum Gasteiger partial charge on any atom is 0.308 e. The van der Waals surface area contributed by atoms with Crippen molar-refractivity contribution < 1.29 is 14.7 Å². The van der Waals surface area contributed by atoms with Gasteiger partial charge in [0.1, 0.15) is 0 Å². The molecule has 18 heavy (non-hydrogen) atoms. The molecule has 1 amide bonds. The summed E-state index contributed by atoms with van der Waals surface area (Å²) < 4.78 is 0. The zero-order valence-corrected chi connectivity index (χ0v) is 11.1. The molecule has 2 fully saturated rings. The Labute approximate surface area is 108 Å². The third-order valence-electron chi connectivity index (χ3n) is 4.56. The molecule has 0 bridgehead atoms. The first-order chi connectivity index (χ1) is 8.46. The van der Waals surface area contributed by atoms with E-state index in [-0.39, 0.29) is 17.4 Å². The van der Waals surface area contributed by atoms with E-state index in [2.05, 4.69) is 5.32 Å². The molecule has 2 saturated heterocycles. The summed E-state index contributed by atoms with van der Waals surface area (Å²) in [5.74, 6) is -1.05. The Morgan fingerprint density at radius 3 is 2.44 bits per heavy atom. The first kappa shape index (κ1) is 13.3. The summed E-state index contributed by atoms with van der Waals surface area (Å²) >= 11 is 0. The number of hydrogen-bond acceptors (Lipinski definition) is 3. The van der Waals surface area contributed by atoms with Crippen LogP contribution in [-0.4, -0.2) is 47.6 Å². The third kappa shape index (κ3) is 2.23. The molecule has 0 aromatic heterocycles. The van der Waals surface area contributed by atoms with Gasteiger partial charge < -0.3 is 15.3 Å². The molecule has 5 nitrogen and oxygen atoms in total. The van der Waals surface area contributed by atoms with Crippen LogP contribution in [0.15, 0.2) is 0 Å². The number of piperidine rings is 1. The van der Waals surface area contributed by atoms with Crippen LogP contribution in [0.25, 0.3) is 0 Å². The summed E-state index contributed by atoms with van der Waals surface area (Å²) in [4.78, 5) is 25.5. The second-order valence-corrected chi connectivity index (χ2v) is 5.78. The summed E-state index contributed by atoms with van der Waals surface area (Å²) in [6.07, 6.45) is 2.26. The molecule has 2 unspecified atom stereocenters. The smallest absolute Gasteiger partial charge is 0.308 e. The van der Waals surface area contributed by atoms with Crippen LogP contribution in [0, 0.1) is 11.3 Å². The topological polar surface area (TPSA) is 69.6 Å². The standard InChI is InChI=1S/C13H22N2O3/c1-9-10(11(16)17)3-8-15(9)12(18)13(2)4-6-14-7-5-13/h9-10,14H,3-8H2,1-2H3,(H,16,17). The lowest BCUT2D eigenvalue weighted by Crippen LogP contribution is -2.49. The number of carbonyl (C=O) groups is 2. The van der Waals surface area contributed by atoms with E-state index in [9.17, 15) is 9.59 Å². The van der Waals surface area contributed by atoms with E-state index in [4.69, 9.17) is 5.11 Å². The lowest BCUT2D eigenvalue weighted by molar-refractivity contribution is -0.146. The summed E-state index contributed by atoms with van der Waals surface area (Å²) in [5.41, 5.74) is -0.313. The van der Waals surface area contributed by atoms with Crippen molar-refractivity contribution in [1.29, 1.82) is 0 Å². The highest BCUT2D eigenvalue weighted by atomic mass is 16.4. The largest absolute Gasteiger partial charge is 0.481 e. The van der Waals surface area contributed by atoms with Crippen molar-refractivity contribution in [2.75, 3.05) is 19.6 Å². The number of nitrogens with zero attached hydrogens (tertiary/aromatic N) is 1. The summed E-state index contributed by atoms with van der Waals surface area (Å²) in [5, 5.41) is 12.4. The molecule has 2 N–H and O–H groups in total. The Morgan fingerprint density at radius 1 is 1.33 bits per heavy atom. The van der Waals surface area contributed by atoms with Crippen LogP contribution >= 0.6 is 0 Å². The van der Waals surface area contributed by atoms with Crippen LogP contribution in [0.4, 0.5) is 0 Å². The molecule has 2 heterocycles. The molecular weight excluding hydrogens is 232 g/mol. The van der Waals surface area contributed by atoms with E-state index in [1.54, 1.807) is 4.90 Å². The van der Waals surface area contributed by atoms with E-state index >= 15 is 0 Å². The van der Waals surface area contributed by atoms with Gasteiger partial charge in [-0.2, -0.15) is 0 Å². The zero-order chi connectivity index (χ0) is 13.3. The van der Waals surface area contributed by atoms with Gasteiger partial charge in [-0.05, 0) is 39.3 Å². The van der Waals surface area contributed by atoms with Gasteiger partial charge in [-0.1, -0.05) is 6.92 Å². The molecule has 2 atom stereocenters. The Kier molecular flexibility index (Phi) is 3.61. The molecule has 0 aromatic rings. The van der Waals surface area contributed by atoms with Gasteiger partial charge in [0.2, 0.25) is 5.91 Å². The lowest BCUT2D eigenvalue weighted by atomic mass is 9.79. The number of likely N-dealkylation sites (tertiary alicyclic amines) is 1. The maximum absolute atomic E-state index is 12.6. The average molecular weight is 254 g/mol. The molecular formula is C13H22N2O3. The number of rotatable bonds is 2. The second kappa shape index (κ2) is 4.88. The predicted molar refractivity (Wildman–Crippen MR) is 67.1 cm³/mol. The van der Waals surface area contributed by atoms with Gasteiger partial charge >= 0.3 is 5.97 Å². The van der Waals surface area contributed by atoms with Crippen molar-refractivity contribution in [2.45, 2.75) is 39.2 Å². The van der Waals surface area contributed by atoms with Crippen LogP contribution in [0.3, 0.4) is 0 Å². The van der Waals surface area contributed by atoms with E-state index in [0.717, 1.165) is 25.9 Å². The fourth-order valence-electron chi connectivity index (χ4n) is 3.10. The normalized spacial score (nSPS) is 31.3. The number of carboxylic acid groups (broad SMARTS) is 1. The number of carbonyl (C=O) groups excluding carboxylic acids is 1. The quantitative estimate of drug-likeness (QED) is 0.761. The molecule has 0 aliphatic carbocycles. The molecule has 0 spiro atoms. The van der Waals surface area contributed by atoms with Crippen LogP contribution in [0.2, 0.25) is 0 Å². The average Bonchev–Trinajstić information content (AvgIpc) is 2.71. The van der Waals surface area contributed by atoms with Crippen molar-refractivity contribution in [3.05, 3.63) is 0 Å². The molecule has 0 saturated carbocycles. The van der Waals surface area contributed by atoms with Gasteiger partial charge in [0, 0.05) is 18.0 Å². The first-order valence-electron chi connectivity index (χ1n) is 6.70. The highest BCUT2D eigenvalue weighted by Crippen LogP contribution is 2.34. The van der Waals surface area contributed by atoms with E-state index in [0.29, 0.717) is 13.0 Å². The lowest BCUT2D eigenvalue weighted by Gasteiger charge is -2.37. The van der Waals surface area contributed by atoms with Crippen molar-refractivity contribution in [2.24, 2.45) is 11.3 Å². The van der Waals surface area contributed by atoms with Gasteiger partial charge in [-0.25, -0.2) is 0 Å². The Bertz CT molecular complexity index is 350. The highest BCUT2D eigenvalue weighted by molar-refractivity contribution is 5.84. The van der Waals surface area contributed by atoms with E-state index < -0.39 is 11.9 Å². The van der Waals surface area contributed by atoms with Gasteiger partial charge in [0.25, 0.3) is 0 Å². The van der Waals surface area contributed by atoms with Gasteiger partial charge in [0.15, 0.2) is 0 Å². The van der Waals surface area contributed by atoms with E-state index in [1.165, 1.54) is 0 Å². The minimum absolute atomic E-state index is 0.139.